The molecule has 0 aromatic rings. The van der Waals surface area contributed by atoms with Crippen molar-refractivity contribution < 1.29 is 23.9 Å². The summed E-state index contributed by atoms with van der Waals surface area (Å²) in [6.45, 7) is 3.19. The molecular weight excluding hydrogens is 275 g/mol. The highest BCUT2D eigenvalue weighted by Crippen LogP contribution is 2.35. The minimum atomic E-state index is -4.85. The van der Waals surface area contributed by atoms with Crippen molar-refractivity contribution in [1.29, 1.82) is 0 Å². The highest BCUT2D eigenvalue weighted by atomic mass is 79.9. The number of rotatable bonds is 5. The Kier molecular flexibility index (Phi) is 5.90. The van der Waals surface area contributed by atoms with Gasteiger partial charge >= 0.3 is 5.97 Å². The second-order valence-electron chi connectivity index (χ2n) is 2.84. The van der Waals surface area contributed by atoms with E-state index in [9.17, 15) is 19.1 Å². The van der Waals surface area contributed by atoms with E-state index in [2.05, 4.69) is 20.7 Å². The monoisotopic (exact) mass is 286 g/mol. The molecular formula is C7H12BrO5P-2. The van der Waals surface area contributed by atoms with E-state index in [0.29, 0.717) is 6.42 Å². The van der Waals surface area contributed by atoms with Crippen LogP contribution < -0.4 is 9.79 Å². The zero-order chi connectivity index (χ0) is 11.4. The molecule has 0 saturated carbocycles. The Morgan fingerprint density at radius 1 is 1.57 bits per heavy atom. The third-order valence-electron chi connectivity index (χ3n) is 1.47. The Morgan fingerprint density at radius 2 is 2.07 bits per heavy atom. The van der Waals surface area contributed by atoms with Crippen LogP contribution in [0.15, 0.2) is 0 Å². The number of hydrogen-bond donors (Lipinski definition) is 0. The second-order valence-corrected chi connectivity index (χ2v) is 5.87. The lowest BCUT2D eigenvalue weighted by Gasteiger charge is -2.37. The number of hydrogen-bond acceptors (Lipinski definition) is 5. The third kappa shape index (κ3) is 5.10. The smallest absolute Gasteiger partial charge is 0.320 e. The van der Waals surface area contributed by atoms with Crippen molar-refractivity contribution in [1.82, 2.24) is 0 Å². The van der Waals surface area contributed by atoms with Crippen molar-refractivity contribution >= 4 is 29.5 Å². The lowest BCUT2D eigenvalue weighted by Crippen LogP contribution is -2.31. The number of ether oxygens (including phenoxy) is 1. The molecule has 0 radical (unpaired) electrons. The summed E-state index contributed by atoms with van der Waals surface area (Å²) in [6.07, 6.45) is 0.499. The molecule has 5 nitrogen and oxygen atoms in total. The minimum Gasteiger partial charge on any atom is -0.808 e. The molecule has 0 bridgehead atoms. The maximum atomic E-state index is 11.0. The molecule has 0 fully saturated rings. The molecule has 0 spiro atoms. The Balaban J connectivity index is 4.39. The summed E-state index contributed by atoms with van der Waals surface area (Å²) in [5, 5.41) is 0. The lowest BCUT2D eigenvalue weighted by atomic mass is 10.3. The standard InChI is InChI=1S/C7H14BrO5P/c1-3-4-6(14(10,11)12)13-7(9)5(2)8/h5-6H,3-4H2,1-2H3,(H2,10,11,12)/p-2. The van der Waals surface area contributed by atoms with Crippen LogP contribution in [0.4, 0.5) is 0 Å². The summed E-state index contributed by atoms with van der Waals surface area (Å²) in [6, 6.07) is 0. The van der Waals surface area contributed by atoms with E-state index in [0.717, 1.165) is 0 Å². The molecule has 84 valence electrons. The fraction of sp³-hybridized carbons (Fsp3) is 0.857. The molecule has 0 rings (SSSR count). The van der Waals surface area contributed by atoms with Crippen LogP contribution in [-0.4, -0.2) is 16.6 Å². The van der Waals surface area contributed by atoms with Gasteiger partial charge in [-0.15, -0.1) is 0 Å². The molecule has 0 aliphatic rings. The Bertz CT molecular complexity index is 236. The van der Waals surface area contributed by atoms with E-state index in [4.69, 9.17) is 0 Å². The fourth-order valence-corrected chi connectivity index (χ4v) is 1.67. The Labute approximate surface area is 91.1 Å². The molecule has 0 heterocycles. The molecule has 0 saturated heterocycles. The van der Waals surface area contributed by atoms with Crippen molar-refractivity contribution in [3.63, 3.8) is 0 Å². The van der Waals surface area contributed by atoms with Gasteiger partial charge in [-0.25, -0.2) is 0 Å². The van der Waals surface area contributed by atoms with Gasteiger partial charge in [0, 0.05) is 0 Å². The number of esters is 1. The van der Waals surface area contributed by atoms with Gasteiger partial charge in [0.2, 0.25) is 0 Å². The van der Waals surface area contributed by atoms with Crippen LogP contribution in [0.3, 0.4) is 0 Å². The van der Waals surface area contributed by atoms with Crippen LogP contribution in [0.1, 0.15) is 26.7 Å². The van der Waals surface area contributed by atoms with E-state index in [1.54, 1.807) is 6.92 Å². The largest absolute Gasteiger partial charge is 0.808 e. The van der Waals surface area contributed by atoms with Gasteiger partial charge in [-0.3, -0.25) is 4.79 Å². The van der Waals surface area contributed by atoms with E-state index >= 15 is 0 Å². The number of alkyl halides is 1. The van der Waals surface area contributed by atoms with Crippen LogP contribution in [0.2, 0.25) is 0 Å². The lowest BCUT2D eigenvalue weighted by molar-refractivity contribution is -0.323. The molecule has 2 atom stereocenters. The van der Waals surface area contributed by atoms with Gasteiger partial charge in [-0.2, -0.15) is 0 Å². The van der Waals surface area contributed by atoms with Crippen molar-refractivity contribution in [3.8, 4) is 0 Å². The van der Waals surface area contributed by atoms with Gasteiger partial charge < -0.3 is 19.1 Å². The van der Waals surface area contributed by atoms with E-state index in [-0.39, 0.29) is 6.42 Å². The van der Waals surface area contributed by atoms with Gasteiger partial charge in [0.25, 0.3) is 0 Å². The van der Waals surface area contributed by atoms with Gasteiger partial charge in [-0.1, -0.05) is 29.3 Å². The zero-order valence-electron chi connectivity index (χ0n) is 7.94. The van der Waals surface area contributed by atoms with Crippen LogP contribution in [0.5, 0.6) is 0 Å². The predicted molar refractivity (Wildman–Crippen MR) is 50.8 cm³/mol. The van der Waals surface area contributed by atoms with Crippen molar-refractivity contribution in [2.45, 2.75) is 37.4 Å². The van der Waals surface area contributed by atoms with Crippen LogP contribution in [-0.2, 0) is 14.1 Å². The number of carbonyl (C=O) groups is 1. The molecule has 0 N–H and O–H groups in total. The maximum absolute atomic E-state index is 11.0. The summed E-state index contributed by atoms with van der Waals surface area (Å²) in [5.41, 5.74) is 0. The summed E-state index contributed by atoms with van der Waals surface area (Å²) < 4.78 is 15.2. The normalized spacial score (nSPS) is 16.1. The first kappa shape index (κ1) is 14.1. The zero-order valence-corrected chi connectivity index (χ0v) is 10.4. The summed E-state index contributed by atoms with van der Waals surface area (Å²) in [4.78, 5) is 31.7. The second kappa shape index (κ2) is 5.85. The first-order valence-corrected chi connectivity index (χ1v) is 6.68. The summed E-state index contributed by atoms with van der Waals surface area (Å²) >= 11 is 2.92. The average Bonchev–Trinajstić information content (AvgIpc) is 2.01. The fourth-order valence-electron chi connectivity index (χ4n) is 0.756. The Hall–Kier alpha value is 0.1000. The molecule has 14 heavy (non-hydrogen) atoms. The third-order valence-corrected chi connectivity index (χ3v) is 2.91. The van der Waals surface area contributed by atoms with Crippen molar-refractivity contribution in [3.05, 3.63) is 0 Å². The van der Waals surface area contributed by atoms with Crippen molar-refractivity contribution in [2.75, 3.05) is 0 Å². The first-order chi connectivity index (χ1) is 6.29. The quantitative estimate of drug-likeness (QED) is 0.413. The topological polar surface area (TPSA) is 89.5 Å². The average molecular weight is 287 g/mol. The van der Waals surface area contributed by atoms with Gasteiger partial charge in [0.15, 0.2) is 0 Å². The van der Waals surface area contributed by atoms with Gasteiger partial charge in [0.05, 0.1) is 0 Å². The maximum Gasteiger partial charge on any atom is 0.320 e. The number of halogens is 1. The minimum absolute atomic E-state index is 0.0374. The molecule has 0 aliphatic heterocycles. The highest BCUT2D eigenvalue weighted by Gasteiger charge is 2.19. The van der Waals surface area contributed by atoms with E-state index in [1.165, 1.54) is 6.92 Å². The molecule has 0 aromatic heterocycles. The first-order valence-electron chi connectivity index (χ1n) is 4.15. The van der Waals surface area contributed by atoms with Crippen LogP contribution >= 0.6 is 23.5 Å². The summed E-state index contributed by atoms with van der Waals surface area (Å²) in [5.74, 6) is -2.28. The molecule has 7 heteroatoms. The highest BCUT2D eigenvalue weighted by molar-refractivity contribution is 9.10. The molecule has 0 aliphatic carbocycles. The number of carbonyl (C=O) groups excluding carboxylic acids is 1. The van der Waals surface area contributed by atoms with Crippen LogP contribution in [0.25, 0.3) is 0 Å². The van der Waals surface area contributed by atoms with Crippen molar-refractivity contribution in [2.24, 2.45) is 0 Å². The molecule has 2 unspecified atom stereocenters. The summed E-state index contributed by atoms with van der Waals surface area (Å²) in [7, 11) is -4.85. The van der Waals surface area contributed by atoms with Gasteiger partial charge in [-0.05, 0) is 20.9 Å². The van der Waals surface area contributed by atoms with E-state index < -0.39 is 24.2 Å². The van der Waals surface area contributed by atoms with Crippen LogP contribution in [0, 0.1) is 0 Å². The Morgan fingerprint density at radius 3 is 2.36 bits per heavy atom. The van der Waals surface area contributed by atoms with E-state index in [1.807, 2.05) is 0 Å². The molecule has 0 amide bonds. The molecule has 0 aromatic carbocycles. The predicted octanol–water partition coefficient (Wildman–Crippen LogP) is 0.353. The SMILES string of the molecule is CCCC(OC(=O)C(C)Br)P(=O)([O-])[O-]. The van der Waals surface area contributed by atoms with Gasteiger partial charge in [0.1, 0.15) is 10.7 Å².